The summed E-state index contributed by atoms with van der Waals surface area (Å²) in [6.07, 6.45) is 15.7. The summed E-state index contributed by atoms with van der Waals surface area (Å²) < 4.78 is 7.74. The Kier molecular flexibility index (Phi) is 5.40. The Balaban J connectivity index is 1.88. The van der Waals surface area contributed by atoms with Crippen molar-refractivity contribution in [2.45, 2.75) is 82.3 Å². The first-order chi connectivity index (χ1) is 7.85. The van der Waals surface area contributed by atoms with Gasteiger partial charge in [-0.1, -0.05) is 67.5 Å². The quantitative estimate of drug-likeness (QED) is 0.406. The summed E-state index contributed by atoms with van der Waals surface area (Å²) in [5, 5.41) is 0. The van der Waals surface area contributed by atoms with Crippen molar-refractivity contribution in [3.05, 3.63) is 0 Å². The lowest BCUT2D eigenvalue weighted by molar-refractivity contribution is -0.101. The summed E-state index contributed by atoms with van der Waals surface area (Å²) in [7, 11) is 0. The Morgan fingerprint density at radius 3 is 2.00 bits per heavy atom. The second-order valence-electron chi connectivity index (χ2n) is 5.61. The molecule has 2 saturated carbocycles. The zero-order chi connectivity index (χ0) is 11.3. The summed E-state index contributed by atoms with van der Waals surface area (Å²) in [6, 6.07) is 0. The maximum absolute atomic E-state index is 6.54. The second-order valence-corrected chi connectivity index (χ2v) is 6.37. The van der Waals surface area contributed by atoms with Crippen molar-refractivity contribution in [1.82, 2.24) is 0 Å². The van der Waals surface area contributed by atoms with Gasteiger partial charge in [0.15, 0.2) is 0 Å². The summed E-state index contributed by atoms with van der Waals surface area (Å²) >= 11 is 2.54. The molecule has 0 saturated heterocycles. The minimum atomic E-state index is 0.258. The van der Waals surface area contributed by atoms with Crippen LogP contribution in [0, 0.1) is 0 Å². The zero-order valence-electron chi connectivity index (χ0n) is 10.3. The Labute approximate surface area is 114 Å². The van der Waals surface area contributed by atoms with E-state index in [1.54, 1.807) is 0 Å². The van der Waals surface area contributed by atoms with E-state index >= 15 is 0 Å². The van der Waals surface area contributed by atoms with E-state index in [1.807, 2.05) is 0 Å². The molecule has 16 heavy (non-hydrogen) atoms. The minimum absolute atomic E-state index is 0.258. The van der Waals surface area contributed by atoms with Crippen LogP contribution in [0.1, 0.15) is 70.6 Å². The van der Waals surface area contributed by atoms with E-state index in [-0.39, 0.29) is 5.60 Å². The minimum Gasteiger partial charge on any atom is -0.371 e. The summed E-state index contributed by atoms with van der Waals surface area (Å²) in [4.78, 5) is 0. The van der Waals surface area contributed by atoms with Crippen LogP contribution in [0.3, 0.4) is 0 Å². The number of ether oxygens (including phenoxy) is 1. The van der Waals surface area contributed by atoms with E-state index < -0.39 is 0 Å². The molecule has 0 radical (unpaired) electrons. The van der Waals surface area contributed by atoms with Crippen molar-refractivity contribution in [2.75, 3.05) is 4.43 Å². The maximum atomic E-state index is 6.54. The van der Waals surface area contributed by atoms with Crippen LogP contribution in [0.25, 0.3) is 0 Å². The molecule has 94 valence electrons. The predicted octanol–water partition coefficient (Wildman–Crippen LogP) is 4.86. The summed E-state index contributed by atoms with van der Waals surface area (Å²) in [5.41, 5.74) is 0.258. The third-order valence-electron chi connectivity index (χ3n) is 4.23. The molecule has 2 rings (SSSR count). The first kappa shape index (κ1) is 13.1. The molecule has 2 aliphatic carbocycles. The van der Waals surface area contributed by atoms with Gasteiger partial charge >= 0.3 is 0 Å². The highest BCUT2D eigenvalue weighted by Gasteiger charge is 2.34. The average molecular weight is 336 g/mol. The highest BCUT2D eigenvalue weighted by Crippen LogP contribution is 2.36. The standard InChI is InChI=1S/C14H25IO/c15-12-14(10-6-3-7-11-14)16-13-8-4-1-2-5-9-13/h13H,1-12H2. The molecule has 0 N–H and O–H groups in total. The van der Waals surface area contributed by atoms with Crippen LogP contribution in [-0.4, -0.2) is 16.1 Å². The molecule has 0 bridgehead atoms. The number of rotatable bonds is 3. The van der Waals surface area contributed by atoms with Gasteiger partial charge in [-0.2, -0.15) is 0 Å². The molecule has 2 heteroatoms. The molecule has 0 amide bonds. The van der Waals surface area contributed by atoms with Gasteiger partial charge in [-0.15, -0.1) is 0 Å². The molecule has 0 unspecified atom stereocenters. The fourth-order valence-electron chi connectivity index (χ4n) is 3.19. The van der Waals surface area contributed by atoms with E-state index in [4.69, 9.17) is 4.74 Å². The highest BCUT2D eigenvalue weighted by atomic mass is 127. The van der Waals surface area contributed by atoms with Crippen LogP contribution in [0.4, 0.5) is 0 Å². The molecule has 0 aromatic carbocycles. The molecular formula is C14H25IO. The molecule has 0 heterocycles. The number of hydrogen-bond donors (Lipinski definition) is 0. The number of halogens is 1. The molecule has 0 atom stereocenters. The maximum Gasteiger partial charge on any atom is 0.0775 e. The van der Waals surface area contributed by atoms with Crippen LogP contribution >= 0.6 is 22.6 Å². The summed E-state index contributed by atoms with van der Waals surface area (Å²) in [5.74, 6) is 0. The third kappa shape index (κ3) is 3.59. The fraction of sp³-hybridized carbons (Fsp3) is 1.00. The van der Waals surface area contributed by atoms with E-state index in [9.17, 15) is 0 Å². The highest BCUT2D eigenvalue weighted by molar-refractivity contribution is 14.1. The number of hydrogen-bond acceptors (Lipinski definition) is 1. The topological polar surface area (TPSA) is 9.23 Å². The van der Waals surface area contributed by atoms with Crippen LogP contribution in [0.5, 0.6) is 0 Å². The lowest BCUT2D eigenvalue weighted by atomic mass is 9.86. The second kappa shape index (κ2) is 6.58. The number of alkyl halides is 1. The van der Waals surface area contributed by atoms with Crippen molar-refractivity contribution in [3.8, 4) is 0 Å². The van der Waals surface area contributed by atoms with Gasteiger partial charge < -0.3 is 4.74 Å². The van der Waals surface area contributed by atoms with Gasteiger partial charge in [-0.05, 0) is 25.7 Å². The van der Waals surface area contributed by atoms with Crippen LogP contribution in [0.2, 0.25) is 0 Å². The lowest BCUT2D eigenvalue weighted by Gasteiger charge is -2.39. The lowest BCUT2D eigenvalue weighted by Crippen LogP contribution is -2.40. The molecule has 2 aliphatic rings. The molecule has 0 aliphatic heterocycles. The van der Waals surface area contributed by atoms with Gasteiger partial charge in [0.2, 0.25) is 0 Å². The van der Waals surface area contributed by atoms with Crippen molar-refractivity contribution in [1.29, 1.82) is 0 Å². The molecule has 0 aromatic heterocycles. The Bertz CT molecular complexity index is 191. The zero-order valence-corrected chi connectivity index (χ0v) is 12.5. The molecule has 0 spiro atoms. The van der Waals surface area contributed by atoms with Crippen LogP contribution < -0.4 is 0 Å². The monoisotopic (exact) mass is 336 g/mol. The summed E-state index contributed by atoms with van der Waals surface area (Å²) in [6.45, 7) is 0. The average Bonchev–Trinajstić information content (AvgIpc) is 2.59. The predicted molar refractivity (Wildman–Crippen MR) is 77.3 cm³/mol. The molecule has 1 nitrogen and oxygen atoms in total. The van der Waals surface area contributed by atoms with Crippen molar-refractivity contribution in [3.63, 3.8) is 0 Å². The largest absolute Gasteiger partial charge is 0.371 e. The van der Waals surface area contributed by atoms with Gasteiger partial charge in [0.25, 0.3) is 0 Å². The third-order valence-corrected chi connectivity index (χ3v) is 5.62. The van der Waals surface area contributed by atoms with E-state index in [0.717, 1.165) is 0 Å². The molecule has 0 aromatic rings. The van der Waals surface area contributed by atoms with Crippen molar-refractivity contribution in [2.24, 2.45) is 0 Å². The first-order valence-electron chi connectivity index (χ1n) is 7.08. The smallest absolute Gasteiger partial charge is 0.0775 e. The van der Waals surface area contributed by atoms with Gasteiger partial charge in [0.1, 0.15) is 0 Å². The molecule has 2 fully saturated rings. The Hall–Kier alpha value is 0.690. The van der Waals surface area contributed by atoms with E-state index in [2.05, 4.69) is 22.6 Å². The van der Waals surface area contributed by atoms with Gasteiger partial charge in [-0.25, -0.2) is 0 Å². The normalized spacial score (nSPS) is 27.6. The van der Waals surface area contributed by atoms with Crippen molar-refractivity contribution >= 4 is 22.6 Å². The van der Waals surface area contributed by atoms with E-state index in [1.165, 1.54) is 75.1 Å². The van der Waals surface area contributed by atoms with Gasteiger partial charge in [0, 0.05) is 4.43 Å². The van der Waals surface area contributed by atoms with Crippen LogP contribution in [0.15, 0.2) is 0 Å². The SMILES string of the molecule is ICC1(OC2CCCCCC2)CCCCC1. The van der Waals surface area contributed by atoms with Gasteiger partial charge in [-0.3, -0.25) is 0 Å². The van der Waals surface area contributed by atoms with Crippen LogP contribution in [-0.2, 0) is 4.74 Å². The first-order valence-corrected chi connectivity index (χ1v) is 8.61. The van der Waals surface area contributed by atoms with E-state index in [0.29, 0.717) is 6.10 Å². The van der Waals surface area contributed by atoms with Gasteiger partial charge in [0.05, 0.1) is 11.7 Å². The fourth-order valence-corrected chi connectivity index (χ4v) is 4.13. The van der Waals surface area contributed by atoms with Crippen molar-refractivity contribution < 1.29 is 4.74 Å². The molecular weight excluding hydrogens is 311 g/mol. The Morgan fingerprint density at radius 1 is 0.875 bits per heavy atom. The Morgan fingerprint density at radius 2 is 1.44 bits per heavy atom.